The zero-order chi connectivity index (χ0) is 15.6. The lowest BCUT2D eigenvalue weighted by atomic mass is 10.2. The molecule has 1 aromatic carbocycles. The second-order valence-electron chi connectivity index (χ2n) is 5.26. The number of benzene rings is 1. The first-order valence-electron chi connectivity index (χ1n) is 6.72. The average Bonchev–Trinajstić information content (AvgIpc) is 2.71. The summed E-state index contributed by atoms with van der Waals surface area (Å²) in [6.45, 7) is 3.98. The first-order valence-corrected chi connectivity index (χ1v) is 6.72. The van der Waals surface area contributed by atoms with Crippen LogP contribution in [0.2, 0.25) is 0 Å². The van der Waals surface area contributed by atoms with E-state index in [0.29, 0.717) is 6.54 Å². The minimum atomic E-state index is -0.518. The number of hydrogen-bond acceptors (Lipinski definition) is 5. The fourth-order valence-corrected chi connectivity index (χ4v) is 2.33. The van der Waals surface area contributed by atoms with E-state index < -0.39 is 11.0 Å². The Kier molecular flexibility index (Phi) is 4.32. The molecule has 2 amide bonds. The number of nitro benzene ring substituents is 1. The van der Waals surface area contributed by atoms with Gasteiger partial charge in [-0.25, -0.2) is 0 Å². The molecule has 1 aliphatic heterocycles. The molecule has 1 N–H and O–H groups in total. The molecule has 0 aliphatic carbocycles. The predicted molar refractivity (Wildman–Crippen MR) is 75.3 cm³/mol. The fraction of sp³-hybridized carbons (Fsp3) is 0.429. The minimum absolute atomic E-state index is 0.0249. The van der Waals surface area contributed by atoms with Crippen LogP contribution in [-0.2, 0) is 16.1 Å². The molecule has 1 atom stereocenters. The van der Waals surface area contributed by atoms with Gasteiger partial charge in [-0.3, -0.25) is 24.6 Å². The van der Waals surface area contributed by atoms with E-state index in [-0.39, 0.29) is 30.0 Å². The monoisotopic (exact) mass is 291 g/mol. The van der Waals surface area contributed by atoms with Crippen LogP contribution in [0.5, 0.6) is 0 Å². The van der Waals surface area contributed by atoms with Gasteiger partial charge in [0.25, 0.3) is 5.69 Å². The lowest BCUT2D eigenvalue weighted by Gasteiger charge is -2.19. The van der Waals surface area contributed by atoms with Gasteiger partial charge in [0.2, 0.25) is 11.8 Å². The molecule has 1 aliphatic rings. The van der Waals surface area contributed by atoms with Gasteiger partial charge in [-0.15, -0.1) is 0 Å². The van der Waals surface area contributed by atoms with Gasteiger partial charge in [0, 0.05) is 24.7 Å². The van der Waals surface area contributed by atoms with E-state index in [1.54, 1.807) is 26.0 Å². The Hall–Kier alpha value is -2.28. The van der Waals surface area contributed by atoms with Crippen LogP contribution in [0.25, 0.3) is 0 Å². The van der Waals surface area contributed by atoms with Gasteiger partial charge in [-0.05, 0) is 19.4 Å². The lowest BCUT2D eigenvalue weighted by molar-refractivity contribution is -0.384. The third-order valence-electron chi connectivity index (χ3n) is 3.40. The molecular weight excluding hydrogens is 274 g/mol. The molecule has 0 bridgehead atoms. The van der Waals surface area contributed by atoms with Crippen molar-refractivity contribution in [1.82, 2.24) is 10.2 Å². The van der Waals surface area contributed by atoms with Crippen molar-refractivity contribution in [2.75, 3.05) is 0 Å². The van der Waals surface area contributed by atoms with Crippen LogP contribution in [0, 0.1) is 10.1 Å². The van der Waals surface area contributed by atoms with Gasteiger partial charge in [0.1, 0.15) is 0 Å². The smallest absolute Gasteiger partial charge is 0.269 e. The van der Waals surface area contributed by atoms with Crippen LogP contribution in [-0.4, -0.2) is 33.7 Å². The van der Waals surface area contributed by atoms with E-state index in [4.69, 9.17) is 0 Å². The van der Waals surface area contributed by atoms with E-state index in [1.165, 1.54) is 17.0 Å². The highest BCUT2D eigenvalue weighted by Gasteiger charge is 2.39. The van der Waals surface area contributed by atoms with Gasteiger partial charge >= 0.3 is 0 Å². The van der Waals surface area contributed by atoms with E-state index in [9.17, 15) is 19.7 Å². The Morgan fingerprint density at radius 2 is 1.95 bits per heavy atom. The summed E-state index contributed by atoms with van der Waals surface area (Å²) in [5.74, 6) is -0.381. The first-order chi connectivity index (χ1) is 9.90. The number of imide groups is 1. The van der Waals surface area contributed by atoms with Gasteiger partial charge in [0.05, 0.1) is 17.4 Å². The van der Waals surface area contributed by atoms with Crippen molar-refractivity contribution in [1.29, 1.82) is 0 Å². The molecule has 0 radical (unpaired) electrons. The van der Waals surface area contributed by atoms with Gasteiger partial charge in [-0.2, -0.15) is 0 Å². The van der Waals surface area contributed by atoms with E-state index in [1.807, 2.05) is 0 Å². The number of nitrogens with zero attached hydrogens (tertiary/aromatic N) is 2. The molecule has 0 saturated carbocycles. The van der Waals surface area contributed by atoms with E-state index >= 15 is 0 Å². The summed E-state index contributed by atoms with van der Waals surface area (Å²) in [4.78, 5) is 35.2. The van der Waals surface area contributed by atoms with Crippen LogP contribution in [0.4, 0.5) is 5.69 Å². The number of carbonyl (C=O) groups excluding carboxylic acids is 2. The standard InChI is InChI=1S/C14H17N3O4/c1-9(2)16-13(18)7-12(14(16)19)15-8-10-3-5-11(6-4-10)17(20)21/h3-6,9,12,15H,7-8H2,1-2H3. The zero-order valence-corrected chi connectivity index (χ0v) is 11.9. The quantitative estimate of drug-likeness (QED) is 0.500. The second kappa shape index (κ2) is 6.01. The number of likely N-dealkylation sites (tertiary alicyclic amines) is 1. The first kappa shape index (κ1) is 15.1. The predicted octanol–water partition coefficient (Wildman–Crippen LogP) is 1.22. The van der Waals surface area contributed by atoms with Crippen LogP contribution in [0.15, 0.2) is 24.3 Å². The number of hydrogen-bond donors (Lipinski definition) is 1. The summed E-state index contributed by atoms with van der Waals surface area (Å²) in [5.41, 5.74) is 0.848. The molecule has 0 aromatic heterocycles. The van der Waals surface area contributed by atoms with Gasteiger partial charge in [0.15, 0.2) is 0 Å². The highest BCUT2D eigenvalue weighted by Crippen LogP contribution is 2.17. The molecule has 112 valence electrons. The van der Waals surface area contributed by atoms with Gasteiger partial charge < -0.3 is 5.32 Å². The summed E-state index contributed by atoms with van der Waals surface area (Å²) >= 11 is 0. The summed E-state index contributed by atoms with van der Waals surface area (Å²) in [7, 11) is 0. The summed E-state index contributed by atoms with van der Waals surface area (Å²) in [6.07, 6.45) is 0.157. The number of nitro groups is 1. The van der Waals surface area contributed by atoms with Crippen molar-refractivity contribution in [2.24, 2.45) is 0 Å². The van der Waals surface area contributed by atoms with Crippen molar-refractivity contribution in [2.45, 2.75) is 38.9 Å². The Balaban J connectivity index is 1.96. The Bertz CT molecular complexity index is 568. The molecular formula is C14H17N3O4. The van der Waals surface area contributed by atoms with E-state index in [2.05, 4.69) is 5.32 Å². The van der Waals surface area contributed by atoms with E-state index in [0.717, 1.165) is 5.56 Å². The molecule has 21 heavy (non-hydrogen) atoms. The molecule has 2 rings (SSSR count). The number of rotatable bonds is 5. The number of amides is 2. The molecule has 1 saturated heterocycles. The molecule has 1 heterocycles. The number of non-ortho nitro benzene ring substituents is 1. The van der Waals surface area contributed by atoms with Crippen molar-refractivity contribution in [3.63, 3.8) is 0 Å². The van der Waals surface area contributed by atoms with Crippen molar-refractivity contribution < 1.29 is 14.5 Å². The highest BCUT2D eigenvalue weighted by molar-refractivity contribution is 6.05. The van der Waals surface area contributed by atoms with Crippen molar-refractivity contribution >= 4 is 17.5 Å². The average molecular weight is 291 g/mol. The second-order valence-corrected chi connectivity index (χ2v) is 5.26. The van der Waals surface area contributed by atoms with Crippen molar-refractivity contribution in [3.8, 4) is 0 Å². The molecule has 1 unspecified atom stereocenters. The summed E-state index contributed by atoms with van der Waals surface area (Å²) in [6, 6.07) is 5.43. The minimum Gasteiger partial charge on any atom is -0.301 e. The maximum atomic E-state index is 12.1. The number of carbonyl (C=O) groups is 2. The molecule has 7 nitrogen and oxygen atoms in total. The highest BCUT2D eigenvalue weighted by atomic mass is 16.6. The SMILES string of the molecule is CC(C)N1C(=O)CC(NCc2ccc([N+](=O)[O-])cc2)C1=O. The number of nitrogens with one attached hydrogen (secondary N) is 1. The molecule has 1 aromatic rings. The largest absolute Gasteiger partial charge is 0.301 e. The summed E-state index contributed by atoms with van der Waals surface area (Å²) < 4.78 is 0. The Morgan fingerprint density at radius 3 is 2.43 bits per heavy atom. The molecule has 7 heteroatoms. The maximum Gasteiger partial charge on any atom is 0.269 e. The van der Waals surface area contributed by atoms with Crippen LogP contribution < -0.4 is 5.32 Å². The van der Waals surface area contributed by atoms with Crippen molar-refractivity contribution in [3.05, 3.63) is 39.9 Å². The lowest BCUT2D eigenvalue weighted by Crippen LogP contribution is -2.41. The third-order valence-corrected chi connectivity index (χ3v) is 3.40. The van der Waals surface area contributed by atoms with Crippen LogP contribution in [0.3, 0.4) is 0 Å². The van der Waals surface area contributed by atoms with Crippen LogP contribution >= 0.6 is 0 Å². The normalized spacial score (nSPS) is 18.6. The van der Waals surface area contributed by atoms with Crippen LogP contribution in [0.1, 0.15) is 25.8 Å². The van der Waals surface area contributed by atoms with Gasteiger partial charge in [-0.1, -0.05) is 12.1 Å². The molecule has 0 spiro atoms. The maximum absolute atomic E-state index is 12.1. The third kappa shape index (κ3) is 3.25. The zero-order valence-electron chi connectivity index (χ0n) is 11.9. The Labute approximate surface area is 122 Å². The topological polar surface area (TPSA) is 92.6 Å². The fourth-order valence-electron chi connectivity index (χ4n) is 2.33. The summed E-state index contributed by atoms with van der Waals surface area (Å²) in [5, 5.41) is 13.6. The Morgan fingerprint density at radius 1 is 1.33 bits per heavy atom. The molecule has 1 fully saturated rings.